The summed E-state index contributed by atoms with van der Waals surface area (Å²) in [7, 11) is 0. The number of rotatable bonds is 9. The van der Waals surface area contributed by atoms with E-state index in [-0.39, 0.29) is 6.61 Å². The molecular weight excluding hydrogens is 297 g/mol. The largest absolute Gasteiger partial charge is 0.489 e. The van der Waals surface area contributed by atoms with Gasteiger partial charge in [-0.3, -0.25) is 0 Å². The van der Waals surface area contributed by atoms with Crippen molar-refractivity contribution >= 4 is 23.2 Å². The zero-order chi connectivity index (χ0) is 14.8. The Balaban J connectivity index is 2.18. The molecule has 0 heterocycles. The van der Waals surface area contributed by atoms with Gasteiger partial charge in [0.05, 0.1) is 5.02 Å². The van der Waals surface area contributed by atoms with Gasteiger partial charge in [0.1, 0.15) is 18.5 Å². The van der Waals surface area contributed by atoms with Gasteiger partial charge in [0.2, 0.25) is 0 Å². The first-order valence-electron chi connectivity index (χ1n) is 6.53. The minimum Gasteiger partial charge on any atom is -0.489 e. The summed E-state index contributed by atoms with van der Waals surface area (Å²) in [5.74, 6) is 3.07. The molecule has 2 N–H and O–H groups in total. The van der Waals surface area contributed by atoms with Crippen molar-refractivity contribution in [3.05, 3.63) is 28.2 Å². The van der Waals surface area contributed by atoms with Crippen molar-refractivity contribution in [1.82, 2.24) is 5.32 Å². The monoisotopic (exact) mass is 315 g/mol. The molecular formula is C15H19Cl2NO2. The number of terminal acetylenes is 1. The van der Waals surface area contributed by atoms with Crippen molar-refractivity contribution in [3.8, 4) is 18.1 Å². The Morgan fingerprint density at radius 2 is 2.15 bits per heavy atom. The van der Waals surface area contributed by atoms with Gasteiger partial charge < -0.3 is 15.2 Å². The van der Waals surface area contributed by atoms with E-state index in [0.717, 1.165) is 25.8 Å². The molecule has 0 spiro atoms. The SMILES string of the molecule is C#CCCCCNCC(O)COc1cc(Cl)ccc1Cl. The zero-order valence-corrected chi connectivity index (χ0v) is 12.8. The van der Waals surface area contributed by atoms with Gasteiger partial charge in [-0.05, 0) is 31.5 Å². The molecule has 0 aliphatic rings. The van der Waals surface area contributed by atoms with E-state index >= 15 is 0 Å². The molecule has 0 fully saturated rings. The molecule has 0 aromatic heterocycles. The van der Waals surface area contributed by atoms with Gasteiger partial charge in [0, 0.05) is 24.1 Å². The highest BCUT2D eigenvalue weighted by Gasteiger charge is 2.07. The maximum Gasteiger partial charge on any atom is 0.139 e. The molecule has 1 unspecified atom stereocenters. The highest BCUT2D eigenvalue weighted by atomic mass is 35.5. The number of nitrogens with one attached hydrogen (secondary N) is 1. The van der Waals surface area contributed by atoms with Crippen LogP contribution in [0.2, 0.25) is 10.0 Å². The summed E-state index contributed by atoms with van der Waals surface area (Å²) in [5.41, 5.74) is 0. The van der Waals surface area contributed by atoms with Gasteiger partial charge in [-0.2, -0.15) is 0 Å². The van der Waals surface area contributed by atoms with Gasteiger partial charge in [0.25, 0.3) is 0 Å². The Hall–Kier alpha value is -0.920. The Bertz CT molecular complexity index is 446. The first kappa shape index (κ1) is 17.1. The fourth-order valence-electron chi connectivity index (χ4n) is 1.58. The van der Waals surface area contributed by atoms with Crippen molar-refractivity contribution in [2.75, 3.05) is 19.7 Å². The molecule has 20 heavy (non-hydrogen) atoms. The Labute approximate surface area is 130 Å². The maximum atomic E-state index is 9.78. The van der Waals surface area contributed by atoms with Gasteiger partial charge in [-0.15, -0.1) is 12.3 Å². The summed E-state index contributed by atoms with van der Waals surface area (Å²) in [6.07, 6.45) is 7.35. The normalized spacial score (nSPS) is 11.9. The highest BCUT2D eigenvalue weighted by molar-refractivity contribution is 6.34. The topological polar surface area (TPSA) is 41.5 Å². The molecule has 0 amide bonds. The highest BCUT2D eigenvalue weighted by Crippen LogP contribution is 2.27. The molecule has 0 aliphatic heterocycles. The first-order valence-corrected chi connectivity index (χ1v) is 7.29. The molecule has 3 nitrogen and oxygen atoms in total. The third kappa shape index (κ3) is 7.02. The summed E-state index contributed by atoms with van der Waals surface area (Å²) in [6.45, 7) is 1.46. The van der Waals surface area contributed by atoms with Crippen LogP contribution < -0.4 is 10.1 Å². The molecule has 0 saturated carbocycles. The van der Waals surface area contributed by atoms with E-state index in [2.05, 4.69) is 11.2 Å². The van der Waals surface area contributed by atoms with Crippen molar-refractivity contribution in [2.24, 2.45) is 0 Å². The van der Waals surface area contributed by atoms with Gasteiger partial charge >= 0.3 is 0 Å². The van der Waals surface area contributed by atoms with Crippen LogP contribution >= 0.6 is 23.2 Å². The first-order chi connectivity index (χ1) is 9.63. The number of benzene rings is 1. The fourth-order valence-corrected chi connectivity index (χ4v) is 1.91. The van der Waals surface area contributed by atoms with E-state index in [1.807, 2.05) is 0 Å². The minimum absolute atomic E-state index is 0.164. The van der Waals surface area contributed by atoms with E-state index in [1.165, 1.54) is 0 Å². The average molecular weight is 316 g/mol. The van der Waals surface area contributed by atoms with Crippen molar-refractivity contribution in [3.63, 3.8) is 0 Å². The summed E-state index contributed by atoms with van der Waals surface area (Å²) >= 11 is 11.8. The standard InChI is InChI=1S/C15H19Cl2NO2/c1-2-3-4-5-8-18-10-13(19)11-20-15-9-12(16)6-7-14(15)17/h1,6-7,9,13,18-19H,3-5,8,10-11H2. The van der Waals surface area contributed by atoms with Crippen molar-refractivity contribution < 1.29 is 9.84 Å². The molecule has 1 aromatic rings. The van der Waals surface area contributed by atoms with Crippen LogP contribution in [-0.2, 0) is 0 Å². The van der Waals surface area contributed by atoms with E-state index in [4.69, 9.17) is 34.4 Å². The van der Waals surface area contributed by atoms with Crippen LogP contribution in [0.3, 0.4) is 0 Å². The Morgan fingerprint density at radius 1 is 1.35 bits per heavy atom. The quantitative estimate of drug-likeness (QED) is 0.543. The molecule has 5 heteroatoms. The van der Waals surface area contributed by atoms with E-state index in [0.29, 0.717) is 22.3 Å². The van der Waals surface area contributed by atoms with Crippen LogP contribution in [0.4, 0.5) is 0 Å². The predicted octanol–water partition coefficient (Wildman–Crippen LogP) is 3.13. The van der Waals surface area contributed by atoms with Crippen molar-refractivity contribution in [1.29, 1.82) is 0 Å². The number of hydrogen-bond acceptors (Lipinski definition) is 3. The molecule has 1 aromatic carbocycles. The molecule has 0 bridgehead atoms. The number of aliphatic hydroxyl groups excluding tert-OH is 1. The number of unbranched alkanes of at least 4 members (excludes halogenated alkanes) is 2. The van der Waals surface area contributed by atoms with Crippen LogP contribution in [0, 0.1) is 12.3 Å². The third-order valence-electron chi connectivity index (χ3n) is 2.63. The summed E-state index contributed by atoms with van der Waals surface area (Å²) in [5, 5.41) is 13.9. The lowest BCUT2D eigenvalue weighted by atomic mass is 10.2. The lowest BCUT2D eigenvalue weighted by Gasteiger charge is -2.14. The molecule has 1 rings (SSSR count). The van der Waals surface area contributed by atoms with E-state index in [9.17, 15) is 5.11 Å². The predicted molar refractivity (Wildman–Crippen MR) is 83.5 cm³/mol. The van der Waals surface area contributed by atoms with Crippen molar-refractivity contribution in [2.45, 2.75) is 25.4 Å². The Kier molecular flexibility index (Phi) is 8.48. The van der Waals surface area contributed by atoms with E-state index < -0.39 is 6.10 Å². The molecule has 0 aliphatic carbocycles. The summed E-state index contributed by atoms with van der Waals surface area (Å²) in [6, 6.07) is 4.98. The third-order valence-corrected chi connectivity index (χ3v) is 3.18. The Morgan fingerprint density at radius 3 is 2.90 bits per heavy atom. The molecule has 1 atom stereocenters. The number of hydrogen-bond donors (Lipinski definition) is 2. The zero-order valence-electron chi connectivity index (χ0n) is 11.2. The lowest BCUT2D eigenvalue weighted by molar-refractivity contribution is 0.106. The van der Waals surface area contributed by atoms with Crippen LogP contribution in [0.5, 0.6) is 5.75 Å². The number of ether oxygens (including phenoxy) is 1. The summed E-state index contributed by atoms with van der Waals surface area (Å²) < 4.78 is 5.44. The van der Waals surface area contributed by atoms with Crippen LogP contribution in [0.1, 0.15) is 19.3 Å². The summed E-state index contributed by atoms with van der Waals surface area (Å²) in [4.78, 5) is 0. The maximum absolute atomic E-state index is 9.78. The van der Waals surface area contributed by atoms with E-state index in [1.54, 1.807) is 18.2 Å². The van der Waals surface area contributed by atoms with Crippen LogP contribution in [0.25, 0.3) is 0 Å². The van der Waals surface area contributed by atoms with Crippen LogP contribution in [0.15, 0.2) is 18.2 Å². The second-order valence-corrected chi connectivity index (χ2v) is 5.25. The second-order valence-electron chi connectivity index (χ2n) is 4.40. The van der Waals surface area contributed by atoms with Crippen LogP contribution in [-0.4, -0.2) is 30.9 Å². The number of halogens is 2. The van der Waals surface area contributed by atoms with Gasteiger partial charge in [0.15, 0.2) is 0 Å². The second kappa shape index (κ2) is 9.90. The number of aliphatic hydroxyl groups is 1. The molecule has 110 valence electrons. The average Bonchev–Trinajstić information content (AvgIpc) is 2.43. The van der Waals surface area contributed by atoms with Gasteiger partial charge in [-0.1, -0.05) is 23.2 Å². The smallest absolute Gasteiger partial charge is 0.139 e. The molecule has 0 saturated heterocycles. The van der Waals surface area contributed by atoms with Gasteiger partial charge in [-0.25, -0.2) is 0 Å². The minimum atomic E-state index is -0.599. The fraction of sp³-hybridized carbons (Fsp3) is 0.467. The molecule has 0 radical (unpaired) electrons. The lowest BCUT2D eigenvalue weighted by Crippen LogP contribution is -2.32.